The fraction of sp³-hybridized carbons (Fsp3) is 0.167. The van der Waals surface area contributed by atoms with Crippen molar-refractivity contribution in [1.82, 2.24) is 0 Å². The highest BCUT2D eigenvalue weighted by Gasteiger charge is 2.16. The second kappa shape index (κ2) is 7.04. The summed E-state index contributed by atoms with van der Waals surface area (Å²) in [6.45, 7) is 0.137. The van der Waals surface area contributed by atoms with E-state index in [0.717, 1.165) is 0 Å². The Bertz CT molecular complexity index is 828. The Morgan fingerprint density at radius 1 is 0.920 bits per heavy atom. The number of ketones is 1. The van der Waals surface area contributed by atoms with Crippen LogP contribution in [0.5, 0.6) is 11.5 Å². The number of aliphatic carboxylic acids is 1. The van der Waals surface area contributed by atoms with Crippen molar-refractivity contribution in [1.29, 1.82) is 0 Å². The van der Waals surface area contributed by atoms with Gasteiger partial charge in [0.25, 0.3) is 5.91 Å². The van der Waals surface area contributed by atoms with Crippen LogP contribution in [0.25, 0.3) is 0 Å². The van der Waals surface area contributed by atoms with Crippen LogP contribution in [-0.2, 0) is 4.79 Å². The van der Waals surface area contributed by atoms with Gasteiger partial charge in [0.2, 0.25) is 6.79 Å². The van der Waals surface area contributed by atoms with Crippen LogP contribution in [-0.4, -0.2) is 29.6 Å². The summed E-state index contributed by atoms with van der Waals surface area (Å²) in [5.74, 6) is -0.465. The minimum absolute atomic E-state index is 0.0573. The van der Waals surface area contributed by atoms with Gasteiger partial charge in [-0.15, -0.1) is 0 Å². The van der Waals surface area contributed by atoms with Crippen LogP contribution in [0.1, 0.15) is 33.6 Å². The Balaban J connectivity index is 1.64. The highest BCUT2D eigenvalue weighted by molar-refractivity contribution is 6.05. The van der Waals surface area contributed by atoms with Gasteiger partial charge in [-0.05, 0) is 42.5 Å². The van der Waals surface area contributed by atoms with E-state index in [9.17, 15) is 14.4 Å². The van der Waals surface area contributed by atoms with Crippen molar-refractivity contribution in [3.63, 3.8) is 0 Å². The van der Waals surface area contributed by atoms with Crippen molar-refractivity contribution >= 4 is 23.3 Å². The number of carboxylic acid groups (broad SMARTS) is 1. The molecule has 25 heavy (non-hydrogen) atoms. The molecule has 1 aliphatic rings. The van der Waals surface area contributed by atoms with Gasteiger partial charge in [-0.3, -0.25) is 14.4 Å². The van der Waals surface area contributed by atoms with Gasteiger partial charge in [-0.1, -0.05) is 0 Å². The van der Waals surface area contributed by atoms with Gasteiger partial charge in [-0.2, -0.15) is 0 Å². The van der Waals surface area contributed by atoms with E-state index in [1.165, 1.54) is 0 Å². The number of carbonyl (C=O) groups excluding carboxylic acids is 2. The second-order valence-electron chi connectivity index (χ2n) is 5.42. The first-order valence-corrected chi connectivity index (χ1v) is 7.59. The molecule has 0 bridgehead atoms. The molecular weight excluding hydrogens is 326 g/mol. The van der Waals surface area contributed by atoms with Gasteiger partial charge >= 0.3 is 5.97 Å². The summed E-state index contributed by atoms with van der Waals surface area (Å²) in [6, 6.07) is 11.2. The molecule has 3 rings (SSSR count). The highest BCUT2D eigenvalue weighted by Crippen LogP contribution is 2.32. The SMILES string of the molecule is O=C(O)CCC(=O)c1ccc(NC(=O)c2ccc3c(c2)OCO3)cc1. The maximum Gasteiger partial charge on any atom is 0.303 e. The topological polar surface area (TPSA) is 102 Å². The summed E-state index contributed by atoms with van der Waals surface area (Å²) >= 11 is 0. The molecule has 128 valence electrons. The third-order valence-corrected chi connectivity index (χ3v) is 3.67. The van der Waals surface area contributed by atoms with Gasteiger partial charge in [0, 0.05) is 23.2 Å². The summed E-state index contributed by atoms with van der Waals surface area (Å²) in [6.07, 6.45) is -0.264. The quantitative estimate of drug-likeness (QED) is 0.783. The fourth-order valence-electron chi connectivity index (χ4n) is 2.35. The predicted octanol–water partition coefficient (Wildman–Crippen LogP) is 2.72. The number of anilines is 1. The molecule has 1 heterocycles. The summed E-state index contributed by atoms with van der Waals surface area (Å²) in [5, 5.41) is 11.3. The number of carbonyl (C=O) groups is 3. The molecule has 7 nitrogen and oxygen atoms in total. The lowest BCUT2D eigenvalue weighted by Crippen LogP contribution is -2.12. The number of Topliss-reactive ketones (excluding diaryl/α,β-unsaturated/α-hetero) is 1. The maximum atomic E-state index is 12.3. The first-order valence-electron chi connectivity index (χ1n) is 7.59. The molecule has 0 saturated heterocycles. The van der Waals surface area contributed by atoms with Gasteiger partial charge in [-0.25, -0.2) is 0 Å². The Morgan fingerprint density at radius 3 is 2.32 bits per heavy atom. The van der Waals surface area contributed by atoms with E-state index in [2.05, 4.69) is 5.32 Å². The predicted molar refractivity (Wildman–Crippen MR) is 88.2 cm³/mol. The number of amides is 1. The highest BCUT2D eigenvalue weighted by atomic mass is 16.7. The lowest BCUT2D eigenvalue weighted by Gasteiger charge is -2.07. The minimum atomic E-state index is -1.01. The zero-order chi connectivity index (χ0) is 17.8. The van der Waals surface area contributed by atoms with Gasteiger partial charge in [0.05, 0.1) is 6.42 Å². The van der Waals surface area contributed by atoms with Crippen molar-refractivity contribution in [3.05, 3.63) is 53.6 Å². The zero-order valence-corrected chi connectivity index (χ0v) is 13.2. The molecule has 0 spiro atoms. The molecule has 0 saturated carbocycles. The van der Waals surface area contributed by atoms with Crippen LogP contribution in [0.3, 0.4) is 0 Å². The molecule has 0 atom stereocenters. The average Bonchev–Trinajstić information content (AvgIpc) is 3.08. The first kappa shape index (κ1) is 16.5. The molecule has 0 radical (unpaired) electrons. The van der Waals surface area contributed by atoms with Crippen molar-refractivity contribution < 1.29 is 29.0 Å². The Morgan fingerprint density at radius 2 is 1.60 bits per heavy atom. The van der Waals surface area contributed by atoms with Crippen molar-refractivity contribution in [3.8, 4) is 11.5 Å². The Labute approximate surface area is 143 Å². The molecule has 7 heteroatoms. The number of nitrogens with one attached hydrogen (secondary N) is 1. The lowest BCUT2D eigenvalue weighted by atomic mass is 10.1. The third kappa shape index (κ3) is 3.95. The Kier molecular flexibility index (Phi) is 4.65. The van der Waals surface area contributed by atoms with E-state index in [-0.39, 0.29) is 31.3 Å². The van der Waals surface area contributed by atoms with Crippen LogP contribution in [0, 0.1) is 0 Å². The Hall–Kier alpha value is -3.35. The fourth-order valence-corrected chi connectivity index (χ4v) is 2.35. The first-order chi connectivity index (χ1) is 12.0. The van der Waals surface area contributed by atoms with Crippen LogP contribution in [0.2, 0.25) is 0 Å². The number of benzene rings is 2. The summed E-state index contributed by atoms with van der Waals surface area (Å²) in [7, 11) is 0. The number of rotatable bonds is 6. The van der Waals surface area contributed by atoms with Crippen LogP contribution < -0.4 is 14.8 Å². The molecular formula is C18H15NO6. The lowest BCUT2D eigenvalue weighted by molar-refractivity contribution is -0.136. The van der Waals surface area contributed by atoms with Crippen LogP contribution in [0.4, 0.5) is 5.69 Å². The molecule has 1 amide bonds. The molecule has 1 aliphatic heterocycles. The maximum absolute atomic E-state index is 12.3. The number of carboxylic acids is 1. The van der Waals surface area contributed by atoms with Gasteiger partial charge in [0.1, 0.15) is 0 Å². The van der Waals surface area contributed by atoms with E-state index in [4.69, 9.17) is 14.6 Å². The van der Waals surface area contributed by atoms with Crippen molar-refractivity contribution in [2.75, 3.05) is 12.1 Å². The molecule has 2 aromatic rings. The number of fused-ring (bicyclic) bond motifs is 1. The van der Waals surface area contributed by atoms with E-state index < -0.39 is 5.97 Å². The van der Waals surface area contributed by atoms with Crippen LogP contribution >= 0.6 is 0 Å². The minimum Gasteiger partial charge on any atom is -0.481 e. The van der Waals surface area contributed by atoms with E-state index in [1.54, 1.807) is 42.5 Å². The second-order valence-corrected chi connectivity index (χ2v) is 5.42. The van der Waals surface area contributed by atoms with E-state index in [0.29, 0.717) is 28.3 Å². The largest absolute Gasteiger partial charge is 0.481 e. The third-order valence-electron chi connectivity index (χ3n) is 3.67. The molecule has 0 aromatic heterocycles. The normalized spacial score (nSPS) is 11.8. The number of hydrogen-bond acceptors (Lipinski definition) is 5. The standard InChI is InChI=1S/C18H15NO6/c20-14(6-8-17(21)22)11-1-4-13(5-2-11)19-18(23)12-3-7-15-16(9-12)25-10-24-15/h1-5,7,9H,6,8,10H2,(H,19,23)(H,21,22). The molecule has 0 unspecified atom stereocenters. The summed E-state index contributed by atoms with van der Waals surface area (Å²) in [5.41, 5.74) is 1.35. The van der Waals surface area contributed by atoms with E-state index in [1.807, 2.05) is 0 Å². The summed E-state index contributed by atoms with van der Waals surface area (Å²) < 4.78 is 10.4. The molecule has 0 fully saturated rings. The molecule has 2 N–H and O–H groups in total. The zero-order valence-electron chi connectivity index (χ0n) is 13.2. The van der Waals surface area contributed by atoms with Crippen molar-refractivity contribution in [2.45, 2.75) is 12.8 Å². The number of hydrogen-bond donors (Lipinski definition) is 2. The average molecular weight is 341 g/mol. The summed E-state index contributed by atoms with van der Waals surface area (Å²) in [4.78, 5) is 34.6. The van der Waals surface area contributed by atoms with Crippen LogP contribution in [0.15, 0.2) is 42.5 Å². The molecule has 0 aliphatic carbocycles. The van der Waals surface area contributed by atoms with Gasteiger partial charge in [0.15, 0.2) is 17.3 Å². The molecule has 2 aromatic carbocycles. The monoisotopic (exact) mass is 341 g/mol. The number of ether oxygens (including phenoxy) is 2. The van der Waals surface area contributed by atoms with E-state index >= 15 is 0 Å². The smallest absolute Gasteiger partial charge is 0.303 e. The van der Waals surface area contributed by atoms with Gasteiger partial charge < -0.3 is 19.9 Å². The van der Waals surface area contributed by atoms with Crippen molar-refractivity contribution in [2.24, 2.45) is 0 Å².